The van der Waals surface area contributed by atoms with Crippen molar-refractivity contribution >= 4 is 11.7 Å². The lowest BCUT2D eigenvalue weighted by molar-refractivity contribution is -0.184. The fraction of sp³-hybridized carbons (Fsp3) is 0.529. The number of ketones is 1. The summed E-state index contributed by atoms with van der Waals surface area (Å²) in [5.74, 6) is -1.47. The predicted octanol–water partition coefficient (Wildman–Crippen LogP) is 1.74. The highest BCUT2D eigenvalue weighted by atomic mass is 19.4. The Morgan fingerprint density at radius 1 is 1.12 bits per heavy atom. The van der Waals surface area contributed by atoms with Crippen molar-refractivity contribution in [3.8, 4) is 0 Å². The molecule has 1 aliphatic rings. The molecule has 0 aliphatic carbocycles. The number of amides is 1. The lowest BCUT2D eigenvalue weighted by atomic mass is 10.1. The maximum absolute atomic E-state index is 13.2. The number of nitrogens with zero attached hydrogens (tertiary/aromatic N) is 1. The first-order valence-corrected chi connectivity index (χ1v) is 8.34. The molecule has 1 heterocycles. The Morgan fingerprint density at radius 2 is 1.73 bits per heavy atom. The van der Waals surface area contributed by atoms with Crippen LogP contribution in [0.2, 0.25) is 0 Å². The summed E-state index contributed by atoms with van der Waals surface area (Å²) in [5, 5.41) is 5.25. The highest BCUT2D eigenvalue weighted by Crippen LogP contribution is 2.24. The van der Waals surface area contributed by atoms with Gasteiger partial charge in [-0.3, -0.25) is 14.5 Å². The van der Waals surface area contributed by atoms with E-state index in [2.05, 4.69) is 10.6 Å². The summed E-state index contributed by atoms with van der Waals surface area (Å²) >= 11 is 0. The number of hydrogen-bond donors (Lipinski definition) is 2. The fourth-order valence-electron chi connectivity index (χ4n) is 2.75. The topological polar surface area (TPSA) is 61.4 Å². The van der Waals surface area contributed by atoms with E-state index in [0.29, 0.717) is 13.1 Å². The van der Waals surface area contributed by atoms with Crippen LogP contribution in [0, 0.1) is 5.82 Å². The van der Waals surface area contributed by atoms with Crippen molar-refractivity contribution in [3.63, 3.8) is 0 Å². The van der Waals surface area contributed by atoms with Gasteiger partial charge in [0.2, 0.25) is 5.91 Å². The van der Waals surface area contributed by atoms with Gasteiger partial charge in [-0.15, -0.1) is 0 Å². The lowest BCUT2D eigenvalue weighted by Gasteiger charge is -2.35. The number of carbonyl (C=O) groups is 2. The summed E-state index contributed by atoms with van der Waals surface area (Å²) in [6.45, 7) is 0.888. The minimum atomic E-state index is -4.45. The number of halogens is 4. The highest BCUT2D eigenvalue weighted by Gasteiger charge is 2.43. The number of piperazine rings is 1. The van der Waals surface area contributed by atoms with Crippen molar-refractivity contribution in [3.05, 3.63) is 35.6 Å². The van der Waals surface area contributed by atoms with E-state index in [1.54, 1.807) is 0 Å². The number of carbonyl (C=O) groups excluding carboxylic acids is 2. The summed E-state index contributed by atoms with van der Waals surface area (Å²) in [7, 11) is 0. The van der Waals surface area contributed by atoms with Gasteiger partial charge < -0.3 is 10.6 Å². The minimum Gasteiger partial charge on any atom is -0.354 e. The van der Waals surface area contributed by atoms with Crippen LogP contribution >= 0.6 is 0 Å². The SMILES string of the molecule is O=C(CCC(=O)c1ccc(F)cc1)NCC(N1CCNCC1)C(F)(F)F. The molecule has 1 aromatic rings. The summed E-state index contributed by atoms with van der Waals surface area (Å²) in [4.78, 5) is 25.0. The number of rotatable bonds is 7. The Balaban J connectivity index is 1.82. The molecule has 9 heteroatoms. The number of hydrogen-bond acceptors (Lipinski definition) is 4. The Morgan fingerprint density at radius 3 is 2.31 bits per heavy atom. The second-order valence-electron chi connectivity index (χ2n) is 6.08. The van der Waals surface area contributed by atoms with Crippen molar-refractivity contribution in [1.82, 2.24) is 15.5 Å². The Kier molecular flexibility index (Phi) is 7.10. The largest absolute Gasteiger partial charge is 0.405 e. The van der Waals surface area contributed by atoms with Crippen LogP contribution in [-0.2, 0) is 4.79 Å². The molecule has 0 aromatic heterocycles. The van der Waals surface area contributed by atoms with Crippen molar-refractivity contribution in [2.75, 3.05) is 32.7 Å². The van der Waals surface area contributed by atoms with Gasteiger partial charge in [-0.05, 0) is 24.3 Å². The van der Waals surface area contributed by atoms with Gasteiger partial charge >= 0.3 is 6.18 Å². The average molecular weight is 375 g/mol. The van der Waals surface area contributed by atoms with E-state index in [9.17, 15) is 27.2 Å². The molecule has 1 aliphatic heterocycles. The first-order chi connectivity index (χ1) is 12.3. The Hall–Kier alpha value is -2.00. The molecule has 2 N–H and O–H groups in total. The fourth-order valence-corrected chi connectivity index (χ4v) is 2.75. The first kappa shape index (κ1) is 20.3. The summed E-state index contributed by atoms with van der Waals surface area (Å²) in [6, 6.07) is 3.13. The molecule has 1 amide bonds. The lowest BCUT2D eigenvalue weighted by Crippen LogP contribution is -2.57. The van der Waals surface area contributed by atoms with Crippen LogP contribution in [0.5, 0.6) is 0 Å². The molecule has 1 saturated heterocycles. The predicted molar refractivity (Wildman–Crippen MR) is 87.3 cm³/mol. The van der Waals surface area contributed by atoms with E-state index >= 15 is 0 Å². The van der Waals surface area contributed by atoms with Crippen LogP contribution in [0.4, 0.5) is 17.6 Å². The number of alkyl halides is 3. The van der Waals surface area contributed by atoms with Crippen LogP contribution in [0.25, 0.3) is 0 Å². The van der Waals surface area contributed by atoms with Gasteiger partial charge in [-0.2, -0.15) is 13.2 Å². The molecule has 1 atom stereocenters. The van der Waals surface area contributed by atoms with Crippen LogP contribution < -0.4 is 10.6 Å². The van der Waals surface area contributed by atoms with Crippen molar-refractivity contribution in [2.24, 2.45) is 0 Å². The second-order valence-corrected chi connectivity index (χ2v) is 6.08. The van der Waals surface area contributed by atoms with Gasteiger partial charge in [0.05, 0.1) is 0 Å². The van der Waals surface area contributed by atoms with Gasteiger partial charge in [-0.1, -0.05) is 0 Å². The molecule has 5 nitrogen and oxygen atoms in total. The molecule has 144 valence electrons. The van der Waals surface area contributed by atoms with E-state index in [4.69, 9.17) is 0 Å². The van der Waals surface area contributed by atoms with Gasteiger partial charge in [-0.25, -0.2) is 4.39 Å². The third-order valence-corrected chi connectivity index (χ3v) is 4.21. The summed E-state index contributed by atoms with van der Waals surface area (Å²) in [5.41, 5.74) is 0.258. The van der Waals surface area contributed by atoms with E-state index in [1.165, 1.54) is 17.0 Å². The molecule has 2 rings (SSSR count). The van der Waals surface area contributed by atoms with Crippen LogP contribution in [0.15, 0.2) is 24.3 Å². The maximum atomic E-state index is 13.2. The highest BCUT2D eigenvalue weighted by molar-refractivity contribution is 5.97. The van der Waals surface area contributed by atoms with Crippen molar-refractivity contribution in [1.29, 1.82) is 0 Å². The molecule has 0 bridgehead atoms. The van der Waals surface area contributed by atoms with Crippen LogP contribution in [0.3, 0.4) is 0 Å². The molecular formula is C17H21F4N3O2. The standard InChI is InChI=1S/C17H21F4N3O2/c18-13-3-1-12(2-4-13)14(25)5-6-16(26)23-11-15(17(19,20)21)24-9-7-22-8-10-24/h1-4,15,22H,5-11H2,(H,23,26). The number of benzene rings is 1. The van der Waals surface area contributed by atoms with Gasteiger partial charge in [0.25, 0.3) is 0 Å². The second kappa shape index (κ2) is 9.09. The average Bonchev–Trinajstić information content (AvgIpc) is 2.60. The Bertz CT molecular complexity index is 613. The normalized spacial score (nSPS) is 16.9. The van der Waals surface area contributed by atoms with E-state index in [0.717, 1.165) is 12.1 Å². The van der Waals surface area contributed by atoms with Crippen LogP contribution in [0.1, 0.15) is 23.2 Å². The molecule has 1 fully saturated rings. The molecule has 0 radical (unpaired) electrons. The molecule has 26 heavy (non-hydrogen) atoms. The van der Waals surface area contributed by atoms with Crippen LogP contribution in [-0.4, -0.2) is 61.5 Å². The molecular weight excluding hydrogens is 354 g/mol. The molecule has 0 spiro atoms. The zero-order valence-corrected chi connectivity index (χ0v) is 14.1. The summed E-state index contributed by atoms with van der Waals surface area (Å²) < 4.78 is 52.5. The number of nitrogens with one attached hydrogen (secondary N) is 2. The monoisotopic (exact) mass is 375 g/mol. The van der Waals surface area contributed by atoms with Gasteiger partial charge in [0.1, 0.15) is 11.9 Å². The minimum absolute atomic E-state index is 0.151. The molecule has 1 unspecified atom stereocenters. The third kappa shape index (κ3) is 6.06. The zero-order valence-electron chi connectivity index (χ0n) is 14.1. The Labute approximate surface area is 148 Å². The molecule has 1 aromatic carbocycles. The quantitative estimate of drug-likeness (QED) is 0.563. The van der Waals surface area contributed by atoms with E-state index in [-0.39, 0.29) is 37.3 Å². The molecule has 0 saturated carbocycles. The van der Waals surface area contributed by atoms with E-state index in [1.807, 2.05) is 0 Å². The van der Waals surface area contributed by atoms with E-state index < -0.39 is 30.5 Å². The number of Topliss-reactive ketones (excluding diaryl/α,β-unsaturated/α-hetero) is 1. The van der Waals surface area contributed by atoms with Gasteiger partial charge in [0.15, 0.2) is 5.78 Å². The first-order valence-electron chi connectivity index (χ1n) is 8.34. The summed E-state index contributed by atoms with van der Waals surface area (Å²) in [6.07, 6.45) is -4.82. The smallest absolute Gasteiger partial charge is 0.354 e. The van der Waals surface area contributed by atoms with Crippen molar-refractivity contribution < 1.29 is 27.2 Å². The maximum Gasteiger partial charge on any atom is 0.405 e. The zero-order chi connectivity index (χ0) is 19.2. The third-order valence-electron chi connectivity index (χ3n) is 4.21. The van der Waals surface area contributed by atoms with Gasteiger partial charge in [0, 0.05) is 51.1 Å². The van der Waals surface area contributed by atoms with Crippen molar-refractivity contribution in [2.45, 2.75) is 25.1 Å².